The maximum absolute atomic E-state index is 13.4. The van der Waals surface area contributed by atoms with E-state index in [1.165, 1.54) is 6.07 Å². The highest BCUT2D eigenvalue weighted by Crippen LogP contribution is 2.22. The molecule has 2 nitrogen and oxygen atoms in total. The zero-order valence-corrected chi connectivity index (χ0v) is 12.4. The Kier molecular flexibility index (Phi) is 5.50. The molecule has 0 N–H and O–H groups in total. The number of benzene rings is 2. The van der Waals surface area contributed by atoms with Crippen LogP contribution in [-0.4, -0.2) is 6.21 Å². The molecule has 0 saturated carbocycles. The predicted molar refractivity (Wildman–Crippen MR) is 83.9 cm³/mol. The third kappa shape index (κ3) is 4.15. The van der Waals surface area contributed by atoms with Crippen LogP contribution in [0.4, 0.5) is 4.39 Å². The first kappa shape index (κ1) is 15.2. The Bertz CT molecular complexity index is 595. The van der Waals surface area contributed by atoms with Crippen molar-refractivity contribution in [3.05, 3.63) is 71.0 Å². The average molecular weight is 285 g/mol. The van der Waals surface area contributed by atoms with E-state index in [1.807, 2.05) is 36.4 Å². The summed E-state index contributed by atoms with van der Waals surface area (Å²) in [6.07, 6.45) is 3.41. The molecule has 0 aromatic heterocycles. The molecule has 0 bridgehead atoms. The molecule has 0 unspecified atom stereocenters. The monoisotopic (exact) mass is 285 g/mol. The van der Waals surface area contributed by atoms with Crippen LogP contribution in [0.25, 0.3) is 0 Å². The number of oxime groups is 1. The van der Waals surface area contributed by atoms with Gasteiger partial charge >= 0.3 is 0 Å². The van der Waals surface area contributed by atoms with E-state index in [9.17, 15) is 4.39 Å². The second kappa shape index (κ2) is 7.58. The van der Waals surface area contributed by atoms with E-state index in [-0.39, 0.29) is 11.9 Å². The fourth-order valence-corrected chi connectivity index (χ4v) is 2.13. The summed E-state index contributed by atoms with van der Waals surface area (Å²) in [6.45, 7) is 3.84. The van der Waals surface area contributed by atoms with Gasteiger partial charge in [0.05, 0.1) is 6.21 Å². The molecule has 0 aliphatic rings. The van der Waals surface area contributed by atoms with Gasteiger partial charge in [0.2, 0.25) is 0 Å². The second-order valence-electron chi connectivity index (χ2n) is 4.98. The Balaban J connectivity index is 2.08. The van der Waals surface area contributed by atoms with Crippen molar-refractivity contribution in [3.8, 4) is 0 Å². The van der Waals surface area contributed by atoms with Gasteiger partial charge in [-0.2, -0.15) is 0 Å². The van der Waals surface area contributed by atoms with Crippen LogP contribution in [0, 0.1) is 12.7 Å². The quantitative estimate of drug-likeness (QED) is 0.539. The van der Waals surface area contributed by atoms with Crippen LogP contribution in [0.3, 0.4) is 0 Å². The predicted octanol–water partition coefficient (Wildman–Crippen LogP) is 5.03. The maximum Gasteiger partial charge on any atom is 0.152 e. The number of hydrogen-bond acceptors (Lipinski definition) is 2. The van der Waals surface area contributed by atoms with Gasteiger partial charge < -0.3 is 4.84 Å². The summed E-state index contributed by atoms with van der Waals surface area (Å²) in [5.41, 5.74) is 2.42. The molecule has 0 heterocycles. The van der Waals surface area contributed by atoms with E-state index in [1.54, 1.807) is 19.2 Å². The third-order valence-corrected chi connectivity index (χ3v) is 3.41. The number of rotatable bonds is 6. The fourth-order valence-electron chi connectivity index (χ4n) is 2.13. The van der Waals surface area contributed by atoms with Crippen molar-refractivity contribution in [3.63, 3.8) is 0 Å². The highest BCUT2D eigenvalue weighted by molar-refractivity contribution is 5.81. The van der Waals surface area contributed by atoms with Crippen molar-refractivity contribution in [2.45, 2.75) is 32.8 Å². The molecule has 0 aliphatic heterocycles. The Labute approximate surface area is 125 Å². The van der Waals surface area contributed by atoms with E-state index >= 15 is 0 Å². The lowest BCUT2D eigenvalue weighted by Crippen LogP contribution is -2.01. The van der Waals surface area contributed by atoms with Gasteiger partial charge in [-0.1, -0.05) is 61.0 Å². The minimum Gasteiger partial charge on any atom is -0.388 e. The number of hydrogen-bond donors (Lipinski definition) is 0. The first-order chi connectivity index (χ1) is 10.2. The molecule has 3 heteroatoms. The van der Waals surface area contributed by atoms with Crippen molar-refractivity contribution in [1.82, 2.24) is 0 Å². The Morgan fingerprint density at radius 2 is 1.90 bits per heavy atom. The Morgan fingerprint density at radius 1 is 1.14 bits per heavy atom. The molecule has 110 valence electrons. The molecular formula is C18H20FNO. The molecule has 0 fully saturated rings. The third-order valence-electron chi connectivity index (χ3n) is 3.41. The van der Waals surface area contributed by atoms with Crippen LogP contribution < -0.4 is 0 Å². The Hall–Kier alpha value is -2.16. The second-order valence-corrected chi connectivity index (χ2v) is 4.98. The molecule has 2 rings (SSSR count). The average Bonchev–Trinajstić information content (AvgIpc) is 2.51. The number of nitrogens with zero attached hydrogens (tertiary/aromatic N) is 1. The highest BCUT2D eigenvalue weighted by atomic mass is 19.1. The Morgan fingerprint density at radius 3 is 2.62 bits per heavy atom. The first-order valence-electron chi connectivity index (χ1n) is 7.21. The van der Waals surface area contributed by atoms with E-state index in [2.05, 4.69) is 12.1 Å². The van der Waals surface area contributed by atoms with Gasteiger partial charge in [-0.05, 0) is 30.5 Å². The summed E-state index contributed by atoms with van der Waals surface area (Å²) in [5, 5.41) is 4.05. The summed E-state index contributed by atoms with van der Waals surface area (Å²) >= 11 is 0. The van der Waals surface area contributed by atoms with E-state index in [0.717, 1.165) is 24.0 Å². The lowest BCUT2D eigenvalue weighted by Gasteiger charge is -2.14. The van der Waals surface area contributed by atoms with Crippen LogP contribution in [0.5, 0.6) is 0 Å². The smallest absolute Gasteiger partial charge is 0.152 e. The van der Waals surface area contributed by atoms with Gasteiger partial charge in [0.1, 0.15) is 5.82 Å². The minimum absolute atomic E-state index is 0.0682. The summed E-state index contributed by atoms with van der Waals surface area (Å²) in [5.74, 6) is -0.230. The summed E-state index contributed by atoms with van der Waals surface area (Å²) in [4.78, 5) is 5.61. The lowest BCUT2D eigenvalue weighted by molar-refractivity contribution is 0.0528. The van der Waals surface area contributed by atoms with Crippen LogP contribution in [-0.2, 0) is 4.84 Å². The molecule has 21 heavy (non-hydrogen) atoms. The standard InChI is InChI=1S/C18H20FNO/c1-3-8-18(15-9-5-4-6-10-15)21-20-13-16-11-7-12-17(19)14(16)2/h4-7,9-13,18H,3,8H2,1-2H3/b20-13+/t18-/m0/s1. The van der Waals surface area contributed by atoms with Gasteiger partial charge in [0, 0.05) is 5.56 Å². The number of halogens is 1. The van der Waals surface area contributed by atoms with Crippen LogP contribution in [0.1, 0.15) is 42.6 Å². The van der Waals surface area contributed by atoms with Crippen LogP contribution in [0.2, 0.25) is 0 Å². The normalized spacial score (nSPS) is 12.5. The van der Waals surface area contributed by atoms with Gasteiger partial charge in [0.15, 0.2) is 6.10 Å². The van der Waals surface area contributed by atoms with Gasteiger partial charge in [-0.3, -0.25) is 0 Å². The van der Waals surface area contributed by atoms with Gasteiger partial charge in [-0.15, -0.1) is 0 Å². The molecule has 0 radical (unpaired) electrons. The molecule has 0 saturated heterocycles. The summed E-state index contributed by atoms with van der Waals surface area (Å²) in [6, 6.07) is 15.0. The summed E-state index contributed by atoms with van der Waals surface area (Å²) < 4.78 is 13.4. The molecule has 1 atom stereocenters. The van der Waals surface area contributed by atoms with Crippen molar-refractivity contribution < 1.29 is 9.23 Å². The van der Waals surface area contributed by atoms with E-state index in [4.69, 9.17) is 4.84 Å². The van der Waals surface area contributed by atoms with Crippen molar-refractivity contribution in [2.24, 2.45) is 5.16 Å². The first-order valence-corrected chi connectivity index (χ1v) is 7.21. The zero-order chi connectivity index (χ0) is 15.1. The van der Waals surface area contributed by atoms with Crippen molar-refractivity contribution in [1.29, 1.82) is 0 Å². The minimum atomic E-state index is -0.230. The van der Waals surface area contributed by atoms with Gasteiger partial charge in [-0.25, -0.2) is 4.39 Å². The lowest BCUT2D eigenvalue weighted by atomic mass is 10.1. The fraction of sp³-hybridized carbons (Fsp3) is 0.278. The van der Waals surface area contributed by atoms with Crippen LogP contribution >= 0.6 is 0 Å². The molecule has 0 aliphatic carbocycles. The summed E-state index contributed by atoms with van der Waals surface area (Å²) in [7, 11) is 0. The molecule has 2 aromatic carbocycles. The molecule has 2 aromatic rings. The maximum atomic E-state index is 13.4. The van der Waals surface area contributed by atoms with E-state index in [0.29, 0.717) is 5.56 Å². The van der Waals surface area contributed by atoms with Crippen molar-refractivity contribution >= 4 is 6.21 Å². The van der Waals surface area contributed by atoms with Crippen LogP contribution in [0.15, 0.2) is 53.7 Å². The SMILES string of the molecule is CCC[C@H](O/N=C/c1cccc(F)c1C)c1ccccc1. The largest absolute Gasteiger partial charge is 0.388 e. The highest BCUT2D eigenvalue weighted by Gasteiger charge is 2.11. The topological polar surface area (TPSA) is 21.6 Å². The van der Waals surface area contributed by atoms with Crippen molar-refractivity contribution in [2.75, 3.05) is 0 Å². The zero-order valence-electron chi connectivity index (χ0n) is 12.4. The molecule has 0 amide bonds. The van der Waals surface area contributed by atoms with E-state index < -0.39 is 0 Å². The molecular weight excluding hydrogens is 265 g/mol. The van der Waals surface area contributed by atoms with Gasteiger partial charge in [0.25, 0.3) is 0 Å². The molecule has 0 spiro atoms.